The smallest absolute Gasteiger partial charge is 0.296 e. The summed E-state index contributed by atoms with van der Waals surface area (Å²) >= 11 is 0. The van der Waals surface area contributed by atoms with Crippen LogP contribution in [0.3, 0.4) is 0 Å². The molecule has 0 unspecified atom stereocenters. The molecule has 134 valence electrons. The Morgan fingerprint density at radius 2 is 1.81 bits per heavy atom. The maximum atomic E-state index is 12.5. The summed E-state index contributed by atoms with van der Waals surface area (Å²) in [6.45, 7) is 1.81. The fraction of sp³-hybridized carbons (Fsp3) is 0.0556. The highest BCUT2D eigenvalue weighted by Gasteiger charge is 2.24. The SMILES string of the molecule is Cc1ccc(C(=O)Nc2c(S(=O)(=O)O)cc3ccccc3c2O)c(N)c1. The van der Waals surface area contributed by atoms with Crippen LogP contribution in [0, 0.1) is 6.92 Å². The highest BCUT2D eigenvalue weighted by molar-refractivity contribution is 7.86. The number of aryl methyl sites for hydroxylation is 1. The summed E-state index contributed by atoms with van der Waals surface area (Å²) in [5, 5.41) is 13.5. The van der Waals surface area contributed by atoms with Crippen molar-refractivity contribution in [1.82, 2.24) is 0 Å². The topological polar surface area (TPSA) is 130 Å². The molecule has 0 bridgehead atoms. The van der Waals surface area contributed by atoms with E-state index in [0.29, 0.717) is 10.8 Å². The van der Waals surface area contributed by atoms with Gasteiger partial charge >= 0.3 is 0 Å². The minimum atomic E-state index is -4.70. The van der Waals surface area contributed by atoms with E-state index in [4.69, 9.17) is 5.73 Å². The Morgan fingerprint density at radius 3 is 2.46 bits per heavy atom. The van der Waals surface area contributed by atoms with E-state index in [1.165, 1.54) is 12.1 Å². The van der Waals surface area contributed by atoms with Crippen molar-refractivity contribution >= 4 is 38.2 Å². The number of nitrogens with one attached hydrogen (secondary N) is 1. The number of amides is 1. The summed E-state index contributed by atoms with van der Waals surface area (Å²) in [5.74, 6) is -1.17. The summed E-state index contributed by atoms with van der Waals surface area (Å²) < 4.78 is 33.0. The monoisotopic (exact) mass is 372 g/mol. The molecule has 26 heavy (non-hydrogen) atoms. The number of carbonyl (C=O) groups is 1. The third-order valence-electron chi connectivity index (χ3n) is 3.95. The number of carbonyl (C=O) groups excluding carboxylic acids is 1. The number of hydrogen-bond acceptors (Lipinski definition) is 5. The second-order valence-corrected chi connectivity index (χ2v) is 7.23. The van der Waals surface area contributed by atoms with Crippen molar-refractivity contribution in [2.24, 2.45) is 0 Å². The molecule has 0 spiro atoms. The lowest BCUT2D eigenvalue weighted by molar-refractivity contribution is 0.102. The van der Waals surface area contributed by atoms with Crippen molar-refractivity contribution in [2.75, 3.05) is 11.1 Å². The van der Waals surface area contributed by atoms with Gasteiger partial charge in [0.25, 0.3) is 16.0 Å². The Balaban J connectivity index is 2.17. The molecule has 7 nitrogen and oxygen atoms in total. The largest absolute Gasteiger partial charge is 0.505 e. The van der Waals surface area contributed by atoms with Crippen LogP contribution in [0.2, 0.25) is 0 Å². The maximum absolute atomic E-state index is 12.5. The number of hydrogen-bond donors (Lipinski definition) is 4. The van der Waals surface area contributed by atoms with Gasteiger partial charge in [-0.15, -0.1) is 0 Å². The third-order valence-corrected chi connectivity index (χ3v) is 4.83. The Labute approximate surface area is 149 Å². The molecule has 3 aromatic rings. The molecule has 0 heterocycles. The Hall–Kier alpha value is -3.10. The molecule has 0 aliphatic carbocycles. The average molecular weight is 372 g/mol. The van der Waals surface area contributed by atoms with Crippen LogP contribution in [-0.4, -0.2) is 24.0 Å². The van der Waals surface area contributed by atoms with Gasteiger partial charge in [-0.25, -0.2) is 0 Å². The number of nitrogens with two attached hydrogens (primary N) is 1. The fourth-order valence-electron chi connectivity index (χ4n) is 2.70. The standard InChI is InChI=1S/C18H16N2O5S/c1-10-6-7-13(14(19)8-10)18(22)20-16-15(26(23,24)25)9-11-4-2-3-5-12(11)17(16)21/h2-9,21H,19H2,1H3,(H,20,22)(H,23,24,25). The van der Waals surface area contributed by atoms with Crippen molar-refractivity contribution < 1.29 is 22.9 Å². The van der Waals surface area contributed by atoms with Crippen molar-refractivity contribution in [3.05, 3.63) is 59.7 Å². The molecular formula is C18H16N2O5S. The van der Waals surface area contributed by atoms with Gasteiger partial charge < -0.3 is 16.2 Å². The quantitative estimate of drug-likeness (QED) is 0.318. The minimum Gasteiger partial charge on any atom is -0.505 e. The molecule has 0 saturated carbocycles. The Morgan fingerprint density at radius 1 is 1.12 bits per heavy atom. The van der Waals surface area contributed by atoms with E-state index in [9.17, 15) is 22.9 Å². The number of aromatic hydroxyl groups is 1. The number of phenols is 1. The first-order valence-corrected chi connectivity index (χ1v) is 9.02. The summed E-state index contributed by atoms with van der Waals surface area (Å²) in [5.41, 5.74) is 6.60. The van der Waals surface area contributed by atoms with Gasteiger partial charge in [0.15, 0.2) is 0 Å². The summed E-state index contributed by atoms with van der Waals surface area (Å²) in [6.07, 6.45) is 0. The Bertz CT molecular complexity index is 1140. The molecule has 0 fully saturated rings. The van der Waals surface area contributed by atoms with Gasteiger partial charge in [0.1, 0.15) is 16.3 Å². The van der Waals surface area contributed by atoms with Gasteiger partial charge in [0.2, 0.25) is 0 Å². The second-order valence-electron chi connectivity index (χ2n) is 5.84. The highest BCUT2D eigenvalue weighted by Crippen LogP contribution is 2.38. The maximum Gasteiger partial charge on any atom is 0.296 e. The number of nitrogen functional groups attached to an aromatic ring is 1. The number of rotatable bonds is 3. The van der Waals surface area contributed by atoms with Crippen LogP contribution >= 0.6 is 0 Å². The zero-order valence-corrected chi connectivity index (χ0v) is 14.5. The van der Waals surface area contributed by atoms with Crippen LogP contribution < -0.4 is 11.1 Å². The van der Waals surface area contributed by atoms with Gasteiger partial charge in [0, 0.05) is 11.1 Å². The van der Waals surface area contributed by atoms with E-state index in [1.807, 2.05) is 6.92 Å². The summed E-state index contributed by atoms with van der Waals surface area (Å²) in [7, 11) is -4.70. The predicted molar refractivity (Wildman–Crippen MR) is 99.0 cm³/mol. The second kappa shape index (κ2) is 6.32. The molecule has 3 aromatic carbocycles. The molecule has 0 aliphatic rings. The normalized spacial score (nSPS) is 11.5. The van der Waals surface area contributed by atoms with Crippen molar-refractivity contribution in [2.45, 2.75) is 11.8 Å². The van der Waals surface area contributed by atoms with Crippen LogP contribution in [0.15, 0.2) is 53.4 Å². The molecule has 0 aliphatic heterocycles. The van der Waals surface area contributed by atoms with Crippen molar-refractivity contribution in [1.29, 1.82) is 0 Å². The summed E-state index contributed by atoms with van der Waals surface area (Å²) in [4.78, 5) is 11.9. The number of anilines is 2. The highest BCUT2D eigenvalue weighted by atomic mass is 32.2. The first-order chi connectivity index (χ1) is 12.2. The molecule has 0 atom stereocenters. The molecule has 8 heteroatoms. The minimum absolute atomic E-state index is 0.115. The predicted octanol–water partition coefficient (Wildman–Crippen LogP) is 2.94. The zero-order chi connectivity index (χ0) is 19.1. The lowest BCUT2D eigenvalue weighted by Gasteiger charge is -2.14. The number of phenolic OH excluding ortho intramolecular Hbond substituents is 1. The molecule has 0 saturated heterocycles. The molecule has 1 amide bonds. The van der Waals surface area contributed by atoms with Gasteiger partial charge in [-0.3, -0.25) is 9.35 Å². The Kier molecular flexibility index (Phi) is 4.31. The van der Waals surface area contributed by atoms with E-state index in [1.54, 1.807) is 36.4 Å². The van der Waals surface area contributed by atoms with E-state index < -0.39 is 32.4 Å². The lowest BCUT2D eigenvalue weighted by atomic mass is 10.1. The average Bonchev–Trinajstić information content (AvgIpc) is 2.56. The van der Waals surface area contributed by atoms with E-state index in [2.05, 4.69) is 5.32 Å². The van der Waals surface area contributed by atoms with Crippen LogP contribution in [0.4, 0.5) is 11.4 Å². The van der Waals surface area contributed by atoms with Crippen LogP contribution in [-0.2, 0) is 10.1 Å². The molecule has 0 radical (unpaired) electrons. The third kappa shape index (κ3) is 3.19. The van der Waals surface area contributed by atoms with Gasteiger partial charge in [-0.1, -0.05) is 30.3 Å². The van der Waals surface area contributed by atoms with E-state index in [-0.39, 0.29) is 11.3 Å². The van der Waals surface area contributed by atoms with Crippen molar-refractivity contribution in [3.8, 4) is 5.75 Å². The number of fused-ring (bicyclic) bond motifs is 1. The van der Waals surface area contributed by atoms with Gasteiger partial charge in [-0.2, -0.15) is 8.42 Å². The first kappa shape index (κ1) is 17.7. The zero-order valence-electron chi connectivity index (χ0n) is 13.7. The number of benzene rings is 3. The molecule has 0 aromatic heterocycles. The van der Waals surface area contributed by atoms with Crippen LogP contribution in [0.5, 0.6) is 5.75 Å². The van der Waals surface area contributed by atoms with Crippen LogP contribution in [0.25, 0.3) is 10.8 Å². The molecule has 5 N–H and O–H groups in total. The van der Waals surface area contributed by atoms with Crippen LogP contribution in [0.1, 0.15) is 15.9 Å². The summed E-state index contributed by atoms with van der Waals surface area (Å²) in [6, 6.07) is 12.4. The lowest BCUT2D eigenvalue weighted by Crippen LogP contribution is -2.16. The van der Waals surface area contributed by atoms with Crippen molar-refractivity contribution in [3.63, 3.8) is 0 Å². The fourth-order valence-corrected chi connectivity index (χ4v) is 3.38. The van der Waals surface area contributed by atoms with Gasteiger partial charge in [-0.05, 0) is 36.1 Å². The molecule has 3 rings (SSSR count). The molecular weight excluding hydrogens is 356 g/mol. The van der Waals surface area contributed by atoms with E-state index >= 15 is 0 Å². The van der Waals surface area contributed by atoms with Gasteiger partial charge in [0.05, 0.1) is 5.56 Å². The first-order valence-electron chi connectivity index (χ1n) is 7.58. The van der Waals surface area contributed by atoms with E-state index in [0.717, 1.165) is 5.56 Å².